The first kappa shape index (κ1) is 20.0. The smallest absolute Gasteiger partial charge is 0.411 e. The number of carboxylic acid groups (broad SMARTS) is 1. The van der Waals surface area contributed by atoms with Gasteiger partial charge in [-0.15, -0.1) is 0 Å². The van der Waals surface area contributed by atoms with Gasteiger partial charge in [0.15, 0.2) is 6.04 Å². The molecule has 0 aliphatic heterocycles. The Bertz CT molecular complexity index is 777. The molecule has 1 atom stereocenters. The molecule has 0 saturated heterocycles. The van der Waals surface area contributed by atoms with Crippen LogP contribution >= 0.6 is 15.9 Å². The SMILES string of the molecule is Cc1ccc(C(C(=O)O)N(C(=O)OCc2ccccc2)C(C)C)c(Br)c1. The molecule has 6 heteroatoms. The Labute approximate surface area is 161 Å². The largest absolute Gasteiger partial charge is 0.479 e. The van der Waals surface area contributed by atoms with Crippen molar-refractivity contribution in [1.29, 1.82) is 0 Å². The summed E-state index contributed by atoms with van der Waals surface area (Å²) < 4.78 is 6.02. The first-order chi connectivity index (χ1) is 12.3. The number of carbonyl (C=O) groups is 2. The van der Waals surface area contributed by atoms with Crippen LogP contribution in [0.1, 0.15) is 36.6 Å². The quantitative estimate of drug-likeness (QED) is 0.720. The maximum atomic E-state index is 12.7. The van der Waals surface area contributed by atoms with Gasteiger partial charge >= 0.3 is 12.1 Å². The summed E-state index contributed by atoms with van der Waals surface area (Å²) in [5.41, 5.74) is 2.34. The van der Waals surface area contributed by atoms with Crippen molar-refractivity contribution in [3.05, 3.63) is 69.7 Å². The van der Waals surface area contributed by atoms with Crippen molar-refractivity contribution in [2.45, 2.75) is 39.5 Å². The fraction of sp³-hybridized carbons (Fsp3) is 0.300. The van der Waals surface area contributed by atoms with E-state index < -0.39 is 18.1 Å². The highest BCUT2D eigenvalue weighted by molar-refractivity contribution is 9.10. The molecule has 0 fully saturated rings. The number of aryl methyl sites for hydroxylation is 1. The third kappa shape index (κ3) is 4.85. The molecule has 2 aromatic carbocycles. The Balaban J connectivity index is 2.29. The molecule has 0 radical (unpaired) electrons. The number of amides is 1. The lowest BCUT2D eigenvalue weighted by molar-refractivity contribution is -0.143. The van der Waals surface area contributed by atoms with Gasteiger partial charge < -0.3 is 9.84 Å². The normalized spacial score (nSPS) is 11.9. The second-order valence-electron chi connectivity index (χ2n) is 6.31. The van der Waals surface area contributed by atoms with Crippen LogP contribution in [0.15, 0.2) is 53.0 Å². The number of ether oxygens (including phenoxy) is 1. The van der Waals surface area contributed by atoms with Crippen molar-refractivity contribution in [2.75, 3.05) is 0 Å². The fourth-order valence-corrected chi connectivity index (χ4v) is 3.37. The number of hydrogen-bond donors (Lipinski definition) is 1. The van der Waals surface area contributed by atoms with Crippen LogP contribution in [0, 0.1) is 6.92 Å². The lowest BCUT2D eigenvalue weighted by Crippen LogP contribution is -2.43. The number of nitrogens with zero attached hydrogens (tertiary/aromatic N) is 1. The van der Waals surface area contributed by atoms with Gasteiger partial charge in [-0.2, -0.15) is 0 Å². The van der Waals surface area contributed by atoms with Crippen LogP contribution in [0.25, 0.3) is 0 Å². The highest BCUT2D eigenvalue weighted by Crippen LogP contribution is 2.31. The van der Waals surface area contributed by atoms with Crippen LogP contribution in [-0.4, -0.2) is 28.1 Å². The molecule has 0 aliphatic carbocycles. The van der Waals surface area contributed by atoms with Gasteiger partial charge in [0.2, 0.25) is 0 Å². The van der Waals surface area contributed by atoms with Crippen LogP contribution in [0.4, 0.5) is 4.79 Å². The lowest BCUT2D eigenvalue weighted by Gasteiger charge is -2.32. The van der Waals surface area contributed by atoms with Crippen molar-refractivity contribution < 1.29 is 19.4 Å². The number of halogens is 1. The third-order valence-corrected chi connectivity index (χ3v) is 4.62. The summed E-state index contributed by atoms with van der Waals surface area (Å²) in [4.78, 5) is 25.9. The van der Waals surface area contributed by atoms with Crippen LogP contribution in [-0.2, 0) is 16.1 Å². The molecule has 1 N–H and O–H groups in total. The molecule has 2 rings (SSSR count). The number of carbonyl (C=O) groups excluding carboxylic acids is 1. The maximum absolute atomic E-state index is 12.7. The molecule has 0 saturated carbocycles. The summed E-state index contributed by atoms with van der Waals surface area (Å²) >= 11 is 3.42. The summed E-state index contributed by atoms with van der Waals surface area (Å²) in [7, 11) is 0. The monoisotopic (exact) mass is 419 g/mol. The van der Waals surface area contributed by atoms with E-state index in [2.05, 4.69) is 15.9 Å². The van der Waals surface area contributed by atoms with Crippen LogP contribution in [0.2, 0.25) is 0 Å². The Kier molecular flexibility index (Phi) is 6.80. The molecule has 26 heavy (non-hydrogen) atoms. The molecule has 1 unspecified atom stereocenters. The molecule has 138 valence electrons. The second kappa shape index (κ2) is 8.85. The average molecular weight is 420 g/mol. The highest BCUT2D eigenvalue weighted by atomic mass is 79.9. The van der Waals surface area contributed by atoms with Crippen molar-refractivity contribution in [3.63, 3.8) is 0 Å². The Hall–Kier alpha value is -2.34. The zero-order valence-electron chi connectivity index (χ0n) is 15.0. The van der Waals surface area contributed by atoms with E-state index in [1.807, 2.05) is 49.4 Å². The minimum atomic E-state index is -1.15. The van der Waals surface area contributed by atoms with Crippen LogP contribution < -0.4 is 0 Å². The summed E-state index contributed by atoms with van der Waals surface area (Å²) in [5.74, 6) is -1.11. The predicted octanol–water partition coefficient (Wildman–Crippen LogP) is 4.93. The van der Waals surface area contributed by atoms with E-state index in [4.69, 9.17) is 4.74 Å². The Morgan fingerprint density at radius 2 is 1.81 bits per heavy atom. The molecule has 5 nitrogen and oxygen atoms in total. The van der Waals surface area contributed by atoms with Crippen LogP contribution in [0.3, 0.4) is 0 Å². The van der Waals surface area contributed by atoms with Gasteiger partial charge in [-0.05, 0) is 38.0 Å². The van der Waals surface area contributed by atoms with E-state index in [1.165, 1.54) is 4.90 Å². The van der Waals surface area contributed by atoms with Gasteiger partial charge in [0.1, 0.15) is 6.61 Å². The molecule has 0 aliphatic rings. The van der Waals surface area contributed by atoms with E-state index >= 15 is 0 Å². The van der Waals surface area contributed by atoms with Gasteiger partial charge in [-0.25, -0.2) is 9.59 Å². The van der Waals surface area contributed by atoms with Gasteiger partial charge in [-0.1, -0.05) is 58.4 Å². The van der Waals surface area contributed by atoms with Crippen LogP contribution in [0.5, 0.6) is 0 Å². The number of aliphatic carboxylic acids is 1. The van der Waals surface area contributed by atoms with Gasteiger partial charge in [0.05, 0.1) is 0 Å². The fourth-order valence-electron chi connectivity index (χ4n) is 2.66. The van der Waals surface area contributed by atoms with E-state index in [9.17, 15) is 14.7 Å². The second-order valence-corrected chi connectivity index (χ2v) is 7.16. The van der Waals surface area contributed by atoms with E-state index in [1.54, 1.807) is 19.9 Å². The predicted molar refractivity (Wildman–Crippen MR) is 103 cm³/mol. The molecular formula is C20H22BrNO4. The van der Waals surface area contributed by atoms with Crippen molar-refractivity contribution in [1.82, 2.24) is 4.90 Å². The molecular weight excluding hydrogens is 398 g/mol. The summed E-state index contributed by atoms with van der Waals surface area (Å²) in [6.45, 7) is 5.53. The Morgan fingerprint density at radius 3 is 2.35 bits per heavy atom. The summed E-state index contributed by atoms with van der Waals surface area (Å²) in [6, 6.07) is 13.2. The number of hydrogen-bond acceptors (Lipinski definition) is 3. The van der Waals surface area contributed by atoms with E-state index in [0.717, 1.165) is 11.1 Å². The average Bonchev–Trinajstić information content (AvgIpc) is 2.58. The lowest BCUT2D eigenvalue weighted by atomic mass is 10.0. The maximum Gasteiger partial charge on any atom is 0.411 e. The minimum absolute atomic E-state index is 0.0876. The zero-order chi connectivity index (χ0) is 19.3. The van der Waals surface area contributed by atoms with Gasteiger partial charge in [0, 0.05) is 16.1 Å². The van der Waals surface area contributed by atoms with Crippen molar-refractivity contribution >= 4 is 28.0 Å². The molecule has 0 aromatic heterocycles. The molecule has 0 bridgehead atoms. The van der Waals surface area contributed by atoms with E-state index in [0.29, 0.717) is 10.0 Å². The highest BCUT2D eigenvalue weighted by Gasteiger charge is 2.35. The minimum Gasteiger partial charge on any atom is -0.479 e. The van der Waals surface area contributed by atoms with Gasteiger partial charge in [0.25, 0.3) is 0 Å². The molecule has 1 amide bonds. The zero-order valence-corrected chi connectivity index (χ0v) is 16.6. The number of rotatable bonds is 6. The van der Waals surface area contributed by atoms with E-state index in [-0.39, 0.29) is 12.6 Å². The first-order valence-corrected chi connectivity index (χ1v) is 9.08. The third-order valence-electron chi connectivity index (χ3n) is 3.93. The summed E-state index contributed by atoms with van der Waals surface area (Å²) in [6.07, 6.45) is -0.663. The van der Waals surface area contributed by atoms with Gasteiger partial charge in [-0.3, -0.25) is 4.90 Å². The molecule has 2 aromatic rings. The van der Waals surface area contributed by atoms with Crippen molar-refractivity contribution in [3.8, 4) is 0 Å². The standard InChI is InChI=1S/C20H22BrNO4/c1-13(2)22(20(25)26-12-15-7-5-4-6-8-15)18(19(23)24)16-10-9-14(3)11-17(16)21/h4-11,13,18H,12H2,1-3H3,(H,23,24). The molecule has 0 heterocycles. The Morgan fingerprint density at radius 1 is 1.15 bits per heavy atom. The summed E-state index contributed by atoms with van der Waals surface area (Å²) in [5, 5.41) is 9.80. The molecule has 0 spiro atoms. The number of carboxylic acids is 1. The topological polar surface area (TPSA) is 66.8 Å². The van der Waals surface area contributed by atoms with Crippen molar-refractivity contribution in [2.24, 2.45) is 0 Å². The first-order valence-electron chi connectivity index (χ1n) is 8.29. The number of benzene rings is 2.